The lowest BCUT2D eigenvalue weighted by Gasteiger charge is -1.97. The van der Waals surface area contributed by atoms with E-state index in [0.29, 0.717) is 5.57 Å². The van der Waals surface area contributed by atoms with Crippen LogP contribution in [0.1, 0.15) is 58.8 Å². The molecule has 0 bridgehead atoms. The Kier molecular flexibility index (Phi) is 17.0. The van der Waals surface area contributed by atoms with Crippen molar-refractivity contribution < 1.29 is 19.1 Å². The molecule has 0 N–H and O–H groups in total. The summed E-state index contributed by atoms with van der Waals surface area (Å²) in [5.74, 6) is -0.601. The Morgan fingerprint density at radius 1 is 1.00 bits per heavy atom. The van der Waals surface area contributed by atoms with Gasteiger partial charge in [0.25, 0.3) is 0 Å². The van der Waals surface area contributed by atoms with Crippen molar-refractivity contribution in [3.63, 3.8) is 0 Å². The molecule has 0 aromatic heterocycles. The molecule has 0 atom stereocenters. The average molecular weight is 298 g/mol. The van der Waals surface area contributed by atoms with Crippen molar-refractivity contribution in [1.82, 2.24) is 0 Å². The van der Waals surface area contributed by atoms with Gasteiger partial charge in [-0.2, -0.15) is 0 Å². The number of carbonyl (C=O) groups is 2. The Morgan fingerprint density at radius 2 is 1.57 bits per heavy atom. The molecular weight excluding hydrogens is 268 g/mol. The van der Waals surface area contributed by atoms with Gasteiger partial charge in [0.2, 0.25) is 0 Å². The lowest BCUT2D eigenvalue weighted by atomic mass is 10.1. The standard InChI is InChI=1S/C12H22O2.C5H8O2/c1-3-4-5-6-7-8-9-10-11-12(13)14-2;1-4(2)5(6)7-3/h10-11H,3-9H2,1-2H3;1H2,2-3H3. The molecule has 0 saturated carbocycles. The van der Waals surface area contributed by atoms with Crippen LogP contribution >= 0.6 is 0 Å². The van der Waals surface area contributed by atoms with E-state index in [9.17, 15) is 9.59 Å². The van der Waals surface area contributed by atoms with Gasteiger partial charge in [-0.1, -0.05) is 51.7 Å². The SMILES string of the molecule is C=C(C)C(=O)OC.CCCCCCCCC=CC(=O)OC. The van der Waals surface area contributed by atoms with Crippen molar-refractivity contribution in [2.75, 3.05) is 14.2 Å². The van der Waals surface area contributed by atoms with E-state index in [2.05, 4.69) is 23.0 Å². The summed E-state index contributed by atoms with van der Waals surface area (Å²) >= 11 is 0. The van der Waals surface area contributed by atoms with Gasteiger partial charge < -0.3 is 9.47 Å². The number of hydrogen-bond acceptors (Lipinski definition) is 4. The predicted molar refractivity (Wildman–Crippen MR) is 86.0 cm³/mol. The van der Waals surface area contributed by atoms with Gasteiger partial charge in [0, 0.05) is 11.6 Å². The van der Waals surface area contributed by atoms with Crippen LogP contribution in [-0.2, 0) is 19.1 Å². The fourth-order valence-electron chi connectivity index (χ4n) is 1.46. The summed E-state index contributed by atoms with van der Waals surface area (Å²) in [7, 11) is 2.73. The molecular formula is C17H30O4. The molecule has 0 amide bonds. The van der Waals surface area contributed by atoms with E-state index in [1.165, 1.54) is 58.8 Å². The lowest BCUT2D eigenvalue weighted by molar-refractivity contribution is -0.136. The smallest absolute Gasteiger partial charge is 0.332 e. The van der Waals surface area contributed by atoms with E-state index >= 15 is 0 Å². The molecule has 0 aliphatic rings. The number of unbranched alkanes of at least 4 members (excludes halogenated alkanes) is 6. The van der Waals surface area contributed by atoms with Crippen LogP contribution in [0, 0.1) is 0 Å². The molecule has 0 aliphatic heterocycles. The Balaban J connectivity index is 0. The second-order valence-electron chi connectivity index (χ2n) is 4.75. The normalized spacial score (nSPS) is 9.71. The van der Waals surface area contributed by atoms with E-state index in [4.69, 9.17) is 0 Å². The fourth-order valence-corrected chi connectivity index (χ4v) is 1.46. The average Bonchev–Trinajstić information content (AvgIpc) is 2.49. The molecule has 0 aromatic carbocycles. The molecule has 0 aliphatic carbocycles. The molecule has 0 unspecified atom stereocenters. The number of allylic oxidation sites excluding steroid dienone is 1. The van der Waals surface area contributed by atoms with Crippen LogP contribution in [0.5, 0.6) is 0 Å². The molecule has 4 nitrogen and oxygen atoms in total. The lowest BCUT2D eigenvalue weighted by Crippen LogP contribution is -1.98. The van der Waals surface area contributed by atoms with Crippen molar-refractivity contribution in [2.24, 2.45) is 0 Å². The Morgan fingerprint density at radius 3 is 2.00 bits per heavy atom. The highest BCUT2D eigenvalue weighted by molar-refractivity contribution is 5.86. The number of ether oxygens (including phenoxy) is 2. The van der Waals surface area contributed by atoms with Gasteiger partial charge in [-0.3, -0.25) is 0 Å². The van der Waals surface area contributed by atoms with Crippen molar-refractivity contribution in [1.29, 1.82) is 0 Å². The monoisotopic (exact) mass is 298 g/mol. The minimum Gasteiger partial charge on any atom is -0.466 e. The van der Waals surface area contributed by atoms with Crippen LogP contribution in [0.15, 0.2) is 24.3 Å². The van der Waals surface area contributed by atoms with Gasteiger partial charge in [0.15, 0.2) is 0 Å². The number of esters is 2. The summed E-state index contributed by atoms with van der Waals surface area (Å²) in [5, 5.41) is 0. The third-order valence-electron chi connectivity index (χ3n) is 2.71. The maximum absolute atomic E-state index is 10.7. The van der Waals surface area contributed by atoms with Crippen LogP contribution in [0.25, 0.3) is 0 Å². The molecule has 0 spiro atoms. The zero-order valence-electron chi connectivity index (χ0n) is 13.9. The molecule has 0 radical (unpaired) electrons. The summed E-state index contributed by atoms with van der Waals surface area (Å²) in [5.41, 5.74) is 0.433. The van der Waals surface area contributed by atoms with Crippen LogP contribution in [0.3, 0.4) is 0 Å². The zero-order valence-corrected chi connectivity index (χ0v) is 13.9. The third-order valence-corrected chi connectivity index (χ3v) is 2.71. The van der Waals surface area contributed by atoms with E-state index in [1.54, 1.807) is 6.92 Å². The summed E-state index contributed by atoms with van der Waals surface area (Å²) < 4.78 is 8.76. The first-order valence-electron chi connectivity index (χ1n) is 7.47. The van der Waals surface area contributed by atoms with Crippen LogP contribution < -0.4 is 0 Å². The highest BCUT2D eigenvalue weighted by Gasteiger charge is 1.95. The summed E-state index contributed by atoms with van der Waals surface area (Å²) in [6.45, 7) is 7.18. The van der Waals surface area contributed by atoms with Gasteiger partial charge in [-0.05, 0) is 19.8 Å². The predicted octanol–water partition coefficient (Wildman–Crippen LogP) is 4.20. The molecule has 0 fully saturated rings. The molecule has 4 heteroatoms. The quantitative estimate of drug-likeness (QED) is 0.363. The van der Waals surface area contributed by atoms with Crippen molar-refractivity contribution >= 4 is 11.9 Å². The second kappa shape index (κ2) is 16.5. The van der Waals surface area contributed by atoms with Gasteiger partial charge in [-0.15, -0.1) is 0 Å². The number of methoxy groups -OCH3 is 2. The van der Waals surface area contributed by atoms with Crippen LogP contribution in [0.2, 0.25) is 0 Å². The van der Waals surface area contributed by atoms with Crippen molar-refractivity contribution in [2.45, 2.75) is 58.8 Å². The van der Waals surface area contributed by atoms with Gasteiger partial charge in [0.1, 0.15) is 0 Å². The maximum Gasteiger partial charge on any atom is 0.332 e. The Bertz CT molecular complexity index is 319. The Labute approximate surface area is 129 Å². The minimum atomic E-state index is -0.347. The van der Waals surface area contributed by atoms with Crippen LogP contribution in [-0.4, -0.2) is 26.2 Å². The first-order valence-corrected chi connectivity index (χ1v) is 7.47. The molecule has 122 valence electrons. The first kappa shape index (κ1) is 21.7. The van der Waals surface area contributed by atoms with E-state index < -0.39 is 0 Å². The first-order chi connectivity index (χ1) is 9.99. The number of rotatable bonds is 9. The number of carbonyl (C=O) groups excluding carboxylic acids is 2. The molecule has 0 rings (SSSR count). The highest BCUT2D eigenvalue weighted by atomic mass is 16.5. The number of hydrogen-bond donors (Lipinski definition) is 0. The minimum absolute atomic E-state index is 0.254. The third kappa shape index (κ3) is 18.4. The van der Waals surface area contributed by atoms with Crippen LogP contribution in [0.4, 0.5) is 0 Å². The highest BCUT2D eigenvalue weighted by Crippen LogP contribution is 2.07. The zero-order chi connectivity index (χ0) is 16.5. The van der Waals surface area contributed by atoms with E-state index in [-0.39, 0.29) is 11.9 Å². The van der Waals surface area contributed by atoms with Crippen molar-refractivity contribution in [3.05, 3.63) is 24.3 Å². The maximum atomic E-state index is 10.7. The Hall–Kier alpha value is -1.58. The molecule has 0 saturated heterocycles. The van der Waals surface area contributed by atoms with Crippen molar-refractivity contribution in [3.8, 4) is 0 Å². The second-order valence-corrected chi connectivity index (χ2v) is 4.75. The van der Waals surface area contributed by atoms with E-state index in [1.807, 2.05) is 6.08 Å². The summed E-state index contributed by atoms with van der Waals surface area (Å²) in [6.07, 6.45) is 12.1. The summed E-state index contributed by atoms with van der Waals surface area (Å²) in [6, 6.07) is 0. The summed E-state index contributed by atoms with van der Waals surface area (Å²) in [4.78, 5) is 20.9. The van der Waals surface area contributed by atoms with Gasteiger partial charge >= 0.3 is 11.9 Å². The molecule has 0 aromatic rings. The van der Waals surface area contributed by atoms with Gasteiger partial charge in [0.05, 0.1) is 14.2 Å². The van der Waals surface area contributed by atoms with Gasteiger partial charge in [-0.25, -0.2) is 9.59 Å². The molecule has 0 heterocycles. The fraction of sp³-hybridized carbons (Fsp3) is 0.647. The largest absolute Gasteiger partial charge is 0.466 e. The molecule has 21 heavy (non-hydrogen) atoms. The topological polar surface area (TPSA) is 52.6 Å². The van der Waals surface area contributed by atoms with E-state index in [0.717, 1.165) is 6.42 Å².